The van der Waals surface area contributed by atoms with Crippen LogP contribution in [0.2, 0.25) is 5.02 Å². The molecule has 1 N–H and O–H groups in total. The normalized spacial score (nSPS) is 31.2. The van der Waals surface area contributed by atoms with Crippen molar-refractivity contribution in [3.8, 4) is 0 Å². The minimum atomic E-state index is -0.415. The topological polar surface area (TPSA) is 43.8 Å². The largest absolute Gasteiger partial charge is 0.394 e. The van der Waals surface area contributed by atoms with E-state index < -0.39 is 5.54 Å². The Morgan fingerprint density at radius 1 is 1.43 bits per heavy atom. The molecule has 2 aliphatic heterocycles. The van der Waals surface area contributed by atoms with Crippen molar-refractivity contribution in [2.75, 3.05) is 19.7 Å². The first kappa shape index (κ1) is 16.7. The van der Waals surface area contributed by atoms with Gasteiger partial charge in [-0.3, -0.25) is 9.69 Å². The molecule has 4 nitrogen and oxygen atoms in total. The van der Waals surface area contributed by atoms with E-state index in [9.17, 15) is 9.90 Å². The molecule has 0 aromatic heterocycles. The van der Waals surface area contributed by atoms with E-state index in [4.69, 9.17) is 11.6 Å². The number of hydrogen-bond acceptors (Lipinski definition) is 3. The van der Waals surface area contributed by atoms with Gasteiger partial charge < -0.3 is 10.0 Å². The molecule has 1 aromatic rings. The first-order valence-corrected chi connectivity index (χ1v) is 8.69. The van der Waals surface area contributed by atoms with Crippen molar-refractivity contribution < 1.29 is 9.90 Å². The molecule has 0 aliphatic carbocycles. The molecule has 1 aromatic carbocycles. The van der Waals surface area contributed by atoms with Crippen molar-refractivity contribution in [1.29, 1.82) is 0 Å². The molecule has 0 bridgehead atoms. The number of aliphatic hydroxyl groups is 1. The lowest BCUT2D eigenvalue weighted by Gasteiger charge is -2.40. The number of carbonyl (C=O) groups is 1. The van der Waals surface area contributed by atoms with Crippen LogP contribution in [-0.4, -0.2) is 52.1 Å². The second-order valence-corrected chi connectivity index (χ2v) is 7.60. The summed E-state index contributed by atoms with van der Waals surface area (Å²) in [7, 11) is 0. The molecule has 0 radical (unpaired) electrons. The minimum Gasteiger partial charge on any atom is -0.394 e. The van der Waals surface area contributed by atoms with Gasteiger partial charge in [-0.25, -0.2) is 0 Å². The fraction of sp³-hybridized carbons (Fsp3) is 0.611. The van der Waals surface area contributed by atoms with Crippen LogP contribution >= 0.6 is 11.6 Å². The minimum absolute atomic E-state index is 0.0318. The number of fused-ring (bicyclic) bond motifs is 1. The molecule has 2 aliphatic rings. The highest BCUT2D eigenvalue weighted by atomic mass is 35.5. The Bertz CT molecular complexity index is 594. The number of rotatable bonds is 3. The van der Waals surface area contributed by atoms with Crippen LogP contribution in [0.3, 0.4) is 0 Å². The third-order valence-electron chi connectivity index (χ3n) is 5.42. The van der Waals surface area contributed by atoms with E-state index in [0.717, 1.165) is 43.1 Å². The Labute approximate surface area is 143 Å². The van der Waals surface area contributed by atoms with Gasteiger partial charge in [-0.2, -0.15) is 0 Å². The Balaban J connectivity index is 1.72. The third-order valence-corrected chi connectivity index (χ3v) is 5.79. The number of nitrogens with zero attached hydrogens (tertiary/aromatic N) is 2. The lowest BCUT2D eigenvalue weighted by atomic mass is 9.89. The molecule has 0 unspecified atom stereocenters. The number of halogens is 1. The van der Waals surface area contributed by atoms with Gasteiger partial charge in [0.15, 0.2) is 0 Å². The van der Waals surface area contributed by atoms with E-state index in [2.05, 4.69) is 11.0 Å². The molecule has 5 heteroatoms. The average molecular weight is 337 g/mol. The summed E-state index contributed by atoms with van der Waals surface area (Å²) in [6, 6.07) is 8.23. The van der Waals surface area contributed by atoms with Crippen molar-refractivity contribution in [3.63, 3.8) is 0 Å². The molecule has 0 spiro atoms. The van der Waals surface area contributed by atoms with Crippen LogP contribution in [0.15, 0.2) is 24.3 Å². The van der Waals surface area contributed by atoms with Gasteiger partial charge in [-0.1, -0.05) is 29.8 Å². The maximum absolute atomic E-state index is 12.1. The Morgan fingerprint density at radius 2 is 2.17 bits per heavy atom. The number of carbonyl (C=O) groups excluding carboxylic acids is 1. The summed E-state index contributed by atoms with van der Waals surface area (Å²) in [5, 5.41) is 10.6. The molecular formula is C18H25ClN2O2. The molecule has 1 amide bonds. The summed E-state index contributed by atoms with van der Waals surface area (Å²) < 4.78 is 0. The number of aliphatic hydroxyl groups excluding tert-OH is 1. The predicted molar refractivity (Wildman–Crippen MR) is 91.3 cm³/mol. The monoisotopic (exact) mass is 336 g/mol. The third kappa shape index (κ3) is 3.12. The first-order valence-electron chi connectivity index (χ1n) is 8.31. The van der Waals surface area contributed by atoms with Crippen molar-refractivity contribution in [1.82, 2.24) is 9.80 Å². The molecule has 3 rings (SSSR count). The Kier molecular flexibility index (Phi) is 4.68. The van der Waals surface area contributed by atoms with Gasteiger partial charge in [-0.05, 0) is 37.3 Å². The van der Waals surface area contributed by atoms with Crippen LogP contribution in [0.4, 0.5) is 0 Å². The van der Waals surface area contributed by atoms with E-state index in [0.29, 0.717) is 5.92 Å². The fourth-order valence-electron chi connectivity index (χ4n) is 4.46. The second-order valence-electron chi connectivity index (χ2n) is 7.19. The van der Waals surface area contributed by atoms with Crippen LogP contribution in [0.1, 0.15) is 32.3 Å². The fourth-order valence-corrected chi connectivity index (χ4v) is 4.66. The quantitative estimate of drug-likeness (QED) is 0.922. The smallest absolute Gasteiger partial charge is 0.220 e. The zero-order chi connectivity index (χ0) is 16.6. The Hall–Kier alpha value is -1.10. The number of benzene rings is 1. The molecule has 3 atom stereocenters. The summed E-state index contributed by atoms with van der Waals surface area (Å²) >= 11 is 6.27. The highest BCUT2D eigenvalue weighted by Gasteiger charge is 2.51. The maximum atomic E-state index is 12.1. The number of hydrogen-bond donors (Lipinski definition) is 1. The Morgan fingerprint density at radius 3 is 2.83 bits per heavy atom. The van der Waals surface area contributed by atoms with Gasteiger partial charge in [0.1, 0.15) is 0 Å². The molecule has 2 saturated heterocycles. The number of amides is 1. The zero-order valence-corrected chi connectivity index (χ0v) is 14.6. The van der Waals surface area contributed by atoms with E-state index in [-0.39, 0.29) is 18.6 Å². The van der Waals surface area contributed by atoms with Gasteiger partial charge in [0.05, 0.1) is 12.1 Å². The summed E-state index contributed by atoms with van der Waals surface area (Å²) in [4.78, 5) is 16.4. The SMILES string of the molecule is CC(=O)N1[C@H]2CCN(Cc3ccccc3Cl)C[C@@H]2C[C@]1(C)CO. The highest BCUT2D eigenvalue weighted by Crippen LogP contribution is 2.42. The molecule has 2 heterocycles. The predicted octanol–water partition coefficient (Wildman–Crippen LogP) is 2.53. The lowest BCUT2D eigenvalue weighted by Crippen LogP contribution is -2.52. The number of piperidine rings is 1. The molecule has 23 heavy (non-hydrogen) atoms. The zero-order valence-electron chi connectivity index (χ0n) is 13.8. The van der Waals surface area contributed by atoms with Crippen LogP contribution < -0.4 is 0 Å². The number of likely N-dealkylation sites (tertiary alicyclic amines) is 2. The second kappa shape index (κ2) is 6.42. The van der Waals surface area contributed by atoms with E-state index in [1.165, 1.54) is 0 Å². The summed E-state index contributed by atoms with van der Waals surface area (Å²) in [5.74, 6) is 0.501. The van der Waals surface area contributed by atoms with Gasteiger partial charge >= 0.3 is 0 Å². The summed E-state index contributed by atoms with van der Waals surface area (Å²) in [5.41, 5.74) is 0.737. The highest BCUT2D eigenvalue weighted by molar-refractivity contribution is 6.31. The van der Waals surface area contributed by atoms with E-state index in [1.54, 1.807) is 6.92 Å². The van der Waals surface area contributed by atoms with Crippen molar-refractivity contribution in [2.24, 2.45) is 5.92 Å². The van der Waals surface area contributed by atoms with Crippen molar-refractivity contribution in [3.05, 3.63) is 34.9 Å². The van der Waals surface area contributed by atoms with Gasteiger partial charge in [-0.15, -0.1) is 0 Å². The average Bonchev–Trinajstić information content (AvgIpc) is 2.81. The van der Waals surface area contributed by atoms with E-state index in [1.807, 2.05) is 30.0 Å². The van der Waals surface area contributed by atoms with Crippen LogP contribution in [0, 0.1) is 5.92 Å². The van der Waals surface area contributed by atoms with Crippen LogP contribution in [0.5, 0.6) is 0 Å². The van der Waals surface area contributed by atoms with Crippen molar-refractivity contribution >= 4 is 17.5 Å². The molecule has 0 saturated carbocycles. The lowest BCUT2D eigenvalue weighted by molar-refractivity contribution is -0.137. The molecule has 126 valence electrons. The van der Waals surface area contributed by atoms with E-state index >= 15 is 0 Å². The van der Waals surface area contributed by atoms with Crippen LogP contribution in [-0.2, 0) is 11.3 Å². The van der Waals surface area contributed by atoms with Gasteiger partial charge in [0.25, 0.3) is 0 Å². The summed E-state index contributed by atoms with van der Waals surface area (Å²) in [6.07, 6.45) is 1.83. The molecule has 2 fully saturated rings. The maximum Gasteiger partial charge on any atom is 0.220 e. The first-order chi connectivity index (χ1) is 10.9. The van der Waals surface area contributed by atoms with Gasteiger partial charge in [0, 0.05) is 37.6 Å². The van der Waals surface area contributed by atoms with Crippen molar-refractivity contribution in [2.45, 2.75) is 44.8 Å². The standard InChI is InChI=1S/C18H25ClN2O2/c1-13(23)21-17-7-8-20(10-14-5-3-4-6-16(14)19)11-15(17)9-18(21,2)12-22/h3-6,15,17,22H,7-12H2,1-2H3/t15-,17-,18+/m0/s1. The van der Waals surface area contributed by atoms with Crippen LogP contribution in [0.25, 0.3) is 0 Å². The summed E-state index contributed by atoms with van der Waals surface area (Å²) in [6.45, 7) is 6.41. The van der Waals surface area contributed by atoms with Gasteiger partial charge in [0.2, 0.25) is 5.91 Å². The molecular weight excluding hydrogens is 312 g/mol.